The molecule has 0 amide bonds. The van der Waals surface area contributed by atoms with Crippen LogP contribution in [0.2, 0.25) is 16.9 Å². The van der Waals surface area contributed by atoms with Gasteiger partial charge < -0.3 is 19.7 Å². The standard InChI is InChI=1S/C24H26ClN5.C19H20BBrClN3O/c1-17-27-10-14-29(17)11-6-18-15-19-3-2-7-28-23(19)24(30-12-8-26-9-13-30)21-5-4-20(25)16-22(18)21;1-20(26)25-9-7-24(8-10-25)19-15-5-4-14(22)12-16(15)17(21)11-13-3-2-6-23-18(13)19/h2-5,7,10,14-16,24,26H,6,8-9,11-13H2,1H3;2-6,11-12,19,26H,7-10H2,1H3. The first-order valence-corrected chi connectivity index (χ1v) is 21.0. The maximum Gasteiger partial charge on any atom is 0.376 e. The Balaban J connectivity index is 0.000000159. The molecule has 9 nitrogen and oxygen atoms in total. The number of nitrogens with zero attached hydrogens (tertiary/aromatic N) is 7. The second kappa shape index (κ2) is 17.5. The summed E-state index contributed by atoms with van der Waals surface area (Å²) >= 11 is 16.5. The van der Waals surface area contributed by atoms with Crippen molar-refractivity contribution in [3.05, 3.63) is 146 Å². The molecule has 2 unspecified atom stereocenters. The van der Waals surface area contributed by atoms with Gasteiger partial charge in [-0.25, -0.2) is 4.98 Å². The third kappa shape index (κ3) is 8.33. The number of pyridine rings is 2. The number of fused-ring (bicyclic) bond motifs is 4. The van der Waals surface area contributed by atoms with Crippen molar-refractivity contribution in [1.29, 1.82) is 0 Å². The van der Waals surface area contributed by atoms with Gasteiger partial charge in [-0.15, -0.1) is 0 Å². The first-order valence-electron chi connectivity index (χ1n) is 19.4. The lowest BCUT2D eigenvalue weighted by molar-refractivity contribution is 0.144. The SMILES string of the molecule is CB(O)N1CCN(C2c3ccc(Cl)cc3C(Br)=Cc3cccnc32)CC1.Cc1nccn1CCC1=Cc2cccnc2C(N2CCNCC2)c2ccc(Cl)cc21. The van der Waals surface area contributed by atoms with Crippen LogP contribution in [0.15, 0.2) is 85.5 Å². The van der Waals surface area contributed by atoms with Gasteiger partial charge in [0.1, 0.15) is 5.82 Å². The highest BCUT2D eigenvalue weighted by Crippen LogP contribution is 2.43. The van der Waals surface area contributed by atoms with Crippen molar-refractivity contribution in [3.8, 4) is 0 Å². The Labute approximate surface area is 348 Å². The number of hydrogen-bond acceptors (Lipinski definition) is 8. The molecule has 3 aromatic heterocycles. The van der Waals surface area contributed by atoms with Crippen LogP contribution in [0.3, 0.4) is 0 Å². The van der Waals surface area contributed by atoms with Crippen LogP contribution in [0, 0.1) is 6.92 Å². The highest BCUT2D eigenvalue weighted by atomic mass is 79.9. The first-order chi connectivity index (χ1) is 27.2. The second-order valence-electron chi connectivity index (χ2n) is 14.8. The Morgan fingerprint density at radius 3 is 1.96 bits per heavy atom. The quantitative estimate of drug-likeness (QED) is 0.167. The summed E-state index contributed by atoms with van der Waals surface area (Å²) in [4.78, 5) is 21.1. The molecular formula is C43H46BBrCl2N8O. The predicted molar refractivity (Wildman–Crippen MR) is 233 cm³/mol. The fourth-order valence-electron chi connectivity index (χ4n) is 8.49. The van der Waals surface area contributed by atoms with Crippen LogP contribution in [0.1, 0.15) is 69.1 Å². The van der Waals surface area contributed by atoms with Gasteiger partial charge >= 0.3 is 7.05 Å². The van der Waals surface area contributed by atoms with Crippen LogP contribution in [0.4, 0.5) is 0 Å². The van der Waals surface area contributed by atoms with Gasteiger partial charge in [-0.05, 0) is 108 Å². The van der Waals surface area contributed by atoms with Crippen LogP contribution in [0.5, 0.6) is 0 Å². The Morgan fingerprint density at radius 1 is 0.768 bits per heavy atom. The van der Waals surface area contributed by atoms with Crippen molar-refractivity contribution in [1.82, 2.24) is 39.4 Å². The molecule has 0 spiro atoms. The summed E-state index contributed by atoms with van der Waals surface area (Å²) in [6.45, 7) is 12.2. The number of hydrogen-bond donors (Lipinski definition) is 2. The summed E-state index contributed by atoms with van der Waals surface area (Å²) < 4.78 is 3.22. The maximum atomic E-state index is 9.87. The zero-order valence-corrected chi connectivity index (χ0v) is 34.9. The molecule has 13 heteroatoms. The molecule has 2 aliphatic heterocycles. The molecule has 0 bridgehead atoms. The summed E-state index contributed by atoms with van der Waals surface area (Å²) in [5.74, 6) is 1.04. The molecule has 2 fully saturated rings. The van der Waals surface area contributed by atoms with Gasteiger partial charge in [-0.1, -0.05) is 63.4 Å². The largest absolute Gasteiger partial charge is 0.437 e. The van der Waals surface area contributed by atoms with Crippen molar-refractivity contribution in [2.45, 2.75) is 38.8 Å². The van der Waals surface area contributed by atoms with Gasteiger partial charge in [0.05, 0.1) is 23.5 Å². The third-order valence-corrected chi connectivity index (χ3v) is 12.5. The van der Waals surface area contributed by atoms with Gasteiger partial charge in [0, 0.05) is 98.2 Å². The number of halogens is 3. The lowest BCUT2D eigenvalue weighted by atomic mass is 9.84. The van der Waals surface area contributed by atoms with E-state index in [9.17, 15) is 5.02 Å². The van der Waals surface area contributed by atoms with Crippen molar-refractivity contribution < 1.29 is 5.02 Å². The molecule has 2 atom stereocenters. The number of aromatic nitrogens is 4. The Kier molecular flexibility index (Phi) is 12.2. The molecule has 5 aromatic rings. The van der Waals surface area contributed by atoms with E-state index in [1.807, 2.05) is 68.9 Å². The maximum absolute atomic E-state index is 9.87. The summed E-state index contributed by atoms with van der Waals surface area (Å²) in [6.07, 6.45) is 13.0. The zero-order chi connectivity index (χ0) is 38.8. The Morgan fingerprint density at radius 2 is 1.36 bits per heavy atom. The molecule has 2 N–H and O–H groups in total. The highest BCUT2D eigenvalue weighted by molar-refractivity contribution is 9.15. The highest BCUT2D eigenvalue weighted by Gasteiger charge is 2.34. The van der Waals surface area contributed by atoms with Crippen molar-refractivity contribution >= 4 is 68.4 Å². The number of imidazole rings is 1. The van der Waals surface area contributed by atoms with Crippen molar-refractivity contribution in [2.75, 3.05) is 52.4 Å². The monoisotopic (exact) mass is 850 g/mol. The molecule has 2 aromatic carbocycles. The molecule has 9 rings (SSSR count). The van der Waals surface area contributed by atoms with E-state index in [4.69, 9.17) is 33.2 Å². The topological polar surface area (TPSA) is 85.6 Å². The fourth-order valence-corrected chi connectivity index (χ4v) is 9.42. The van der Waals surface area contributed by atoms with E-state index in [0.29, 0.717) is 0 Å². The van der Waals surface area contributed by atoms with Gasteiger partial charge in [-0.2, -0.15) is 0 Å². The number of piperazine rings is 2. The van der Waals surface area contributed by atoms with Crippen molar-refractivity contribution in [2.24, 2.45) is 0 Å². The minimum Gasteiger partial charge on any atom is -0.437 e. The minimum atomic E-state index is -0.404. The van der Waals surface area contributed by atoms with Gasteiger partial charge in [0.15, 0.2) is 0 Å². The Hall–Kier alpha value is -3.65. The van der Waals surface area contributed by atoms with Crippen LogP contribution in [-0.4, -0.2) is 98.6 Å². The van der Waals surface area contributed by atoms with Crippen molar-refractivity contribution in [3.63, 3.8) is 0 Å². The normalized spacial score (nSPS) is 19.8. The molecule has 56 heavy (non-hydrogen) atoms. The molecule has 4 aliphatic rings. The van der Waals surface area contributed by atoms with E-state index >= 15 is 0 Å². The first kappa shape index (κ1) is 39.2. The van der Waals surface area contributed by atoms with E-state index in [-0.39, 0.29) is 12.1 Å². The number of benzene rings is 2. The number of nitrogens with one attached hydrogen (secondary N) is 1. The molecule has 2 saturated heterocycles. The minimum absolute atomic E-state index is 0.0703. The summed E-state index contributed by atoms with van der Waals surface area (Å²) in [5.41, 5.74) is 10.7. The van der Waals surface area contributed by atoms with E-state index < -0.39 is 7.05 Å². The lowest BCUT2D eigenvalue weighted by Crippen LogP contribution is -2.52. The van der Waals surface area contributed by atoms with Crippen LogP contribution < -0.4 is 5.32 Å². The van der Waals surface area contributed by atoms with Gasteiger partial charge in [-0.3, -0.25) is 19.8 Å². The average molecular weight is 853 g/mol. The van der Waals surface area contributed by atoms with Gasteiger partial charge in [0.25, 0.3) is 0 Å². The second-order valence-corrected chi connectivity index (χ2v) is 16.5. The van der Waals surface area contributed by atoms with Crippen LogP contribution in [-0.2, 0) is 6.54 Å². The predicted octanol–water partition coefficient (Wildman–Crippen LogP) is 7.94. The number of rotatable bonds is 6. The van der Waals surface area contributed by atoms with Crippen LogP contribution >= 0.6 is 39.1 Å². The van der Waals surface area contributed by atoms with E-state index in [0.717, 1.165) is 108 Å². The van der Waals surface area contributed by atoms with Crippen LogP contribution in [0.25, 0.3) is 22.2 Å². The fraction of sp³-hybridized carbons (Fsp3) is 0.326. The molecule has 2 aliphatic carbocycles. The summed E-state index contributed by atoms with van der Waals surface area (Å²) in [7, 11) is -0.404. The zero-order valence-electron chi connectivity index (χ0n) is 31.8. The van der Waals surface area contributed by atoms with E-state index in [1.165, 1.54) is 27.8 Å². The molecule has 5 heterocycles. The van der Waals surface area contributed by atoms with Gasteiger partial charge in [0.2, 0.25) is 0 Å². The smallest absolute Gasteiger partial charge is 0.376 e. The lowest BCUT2D eigenvalue weighted by Gasteiger charge is -2.40. The molecule has 288 valence electrons. The third-order valence-electron chi connectivity index (χ3n) is 11.4. The summed E-state index contributed by atoms with van der Waals surface area (Å²) in [5, 5.41) is 14.8. The number of aryl methyl sites for hydroxylation is 2. The molecule has 0 saturated carbocycles. The molecule has 0 radical (unpaired) electrons. The molecular weight excluding hydrogens is 806 g/mol. The summed E-state index contributed by atoms with van der Waals surface area (Å²) in [6, 6.07) is 20.9. The average Bonchev–Trinajstić information content (AvgIpc) is 3.51. The van der Waals surface area contributed by atoms with E-state index in [1.54, 1.807) is 0 Å². The number of allylic oxidation sites excluding steroid dienone is 1. The Bertz CT molecular complexity index is 2250. The van der Waals surface area contributed by atoms with E-state index in [2.05, 4.69) is 87.9 Å².